The quantitative estimate of drug-likeness (QED) is 0.384. The molecule has 50 heavy (non-hydrogen) atoms. The molecule has 1 saturated heterocycles. The van der Waals surface area contributed by atoms with Crippen LogP contribution in [0, 0.1) is 28.6 Å². The minimum absolute atomic E-state index is 0.0112. The highest BCUT2D eigenvalue weighted by Gasteiger charge is 2.70. The number of rotatable bonds is 8. The van der Waals surface area contributed by atoms with Crippen molar-refractivity contribution >= 4 is 40.7 Å². The van der Waals surface area contributed by atoms with E-state index in [0.29, 0.717) is 43.1 Å². The van der Waals surface area contributed by atoms with E-state index in [1.165, 1.54) is 12.7 Å². The third kappa shape index (κ3) is 5.25. The number of esters is 1. The van der Waals surface area contributed by atoms with Gasteiger partial charge in [0.05, 0.1) is 23.7 Å². The molecule has 268 valence electrons. The van der Waals surface area contributed by atoms with Crippen molar-refractivity contribution in [2.45, 2.75) is 83.0 Å². The topological polar surface area (TPSA) is 154 Å². The van der Waals surface area contributed by atoms with Crippen LogP contribution in [0.1, 0.15) is 80.4 Å². The average Bonchev–Trinajstić information content (AvgIpc) is 3.80. The van der Waals surface area contributed by atoms with Gasteiger partial charge in [0, 0.05) is 24.6 Å². The molecule has 3 saturated carbocycles. The van der Waals surface area contributed by atoms with Gasteiger partial charge in [0.15, 0.2) is 5.60 Å². The van der Waals surface area contributed by atoms with Crippen molar-refractivity contribution in [3.63, 3.8) is 0 Å². The van der Waals surface area contributed by atoms with E-state index < -0.39 is 46.2 Å². The number of fused-ring (bicyclic) bond motifs is 6. The summed E-state index contributed by atoms with van der Waals surface area (Å²) in [6, 6.07) is 5.74. The number of aliphatic hydroxyl groups excluding tert-OH is 1. The Morgan fingerprint density at radius 2 is 1.98 bits per heavy atom. The fourth-order valence-electron chi connectivity index (χ4n) is 10.7. The number of halogens is 1. The lowest BCUT2D eigenvalue weighted by Crippen LogP contribution is -2.62. The molecular formula is C37H45FN4O7S. The number of nitrogens with two attached hydrogens (primary N) is 1. The number of alkyl halides is 1. The molecule has 8 atom stereocenters. The number of carbonyl (C=O) groups is 4. The Labute approximate surface area is 295 Å². The molecule has 1 aromatic carbocycles. The number of amides is 2. The molecule has 0 unspecified atom stereocenters. The van der Waals surface area contributed by atoms with Gasteiger partial charge in [-0.05, 0) is 116 Å². The number of likely N-dealkylation sites (tertiary alicyclic amines) is 1. The minimum atomic E-state index is -1.54. The van der Waals surface area contributed by atoms with Crippen LogP contribution in [0.25, 0.3) is 11.8 Å². The standard InChI is InChI=1S/C37H45FN4O7S/c1-35-16-22-18-40-42(24-7-4-6-21(14-24)33(46)41-13-5-8-27(41)32(39)45)28(22)15-23(35)9-10-25-26-11-12-37(34(47)50-20-38,49-30(44)19-48-3)36(26,2)17-29(43)31(25)35/h4,6-7,14-15,18,25-27,29,31,43H,5,8-13,16-17,19-20H2,1-3H3,(H2,39,45)/t25-,26-,27+,29-,31+,35-,36-,37-/m0/s1. The second kappa shape index (κ2) is 12.9. The number of thioether (sulfide) groups is 1. The summed E-state index contributed by atoms with van der Waals surface area (Å²) in [5.41, 5.74) is 7.18. The number of ether oxygens (including phenoxy) is 2. The maximum atomic E-state index is 13.6. The molecule has 1 aliphatic heterocycles. The van der Waals surface area contributed by atoms with Crippen molar-refractivity contribution in [3.8, 4) is 5.69 Å². The van der Waals surface area contributed by atoms with Crippen LogP contribution in [0.3, 0.4) is 0 Å². The molecule has 2 amide bonds. The van der Waals surface area contributed by atoms with E-state index in [1.807, 2.05) is 29.9 Å². The summed E-state index contributed by atoms with van der Waals surface area (Å²) in [5, 5.41) is 16.4. The van der Waals surface area contributed by atoms with Gasteiger partial charge < -0.3 is 25.2 Å². The molecule has 5 aliphatic rings. The van der Waals surface area contributed by atoms with E-state index in [9.17, 15) is 28.7 Å². The molecule has 3 N–H and O–H groups in total. The van der Waals surface area contributed by atoms with Crippen LogP contribution >= 0.6 is 11.8 Å². The molecule has 0 radical (unpaired) electrons. The lowest BCUT2D eigenvalue weighted by Gasteiger charge is -2.60. The SMILES string of the molecule is COCC(=O)O[C@]1(C(=O)SCF)CC[C@H]2[C@@H]3CCC4=Cc5c(cnn5-c5cccc(C(=O)N6CCC[C@@H]6C(N)=O)c5)C[C@]4(C)[C@H]3[C@@H](O)C[C@@]21C. The number of nitrogens with zero attached hydrogens (tertiary/aromatic N) is 3. The molecule has 13 heteroatoms. The Morgan fingerprint density at radius 3 is 2.72 bits per heavy atom. The Kier molecular flexibility index (Phi) is 9.00. The molecule has 11 nitrogen and oxygen atoms in total. The van der Waals surface area contributed by atoms with Gasteiger partial charge in [0.1, 0.15) is 18.7 Å². The van der Waals surface area contributed by atoms with Gasteiger partial charge in [-0.2, -0.15) is 5.10 Å². The van der Waals surface area contributed by atoms with Gasteiger partial charge in [-0.25, -0.2) is 13.9 Å². The fourth-order valence-corrected chi connectivity index (χ4v) is 11.4. The lowest BCUT2D eigenvalue weighted by atomic mass is 9.45. The van der Waals surface area contributed by atoms with E-state index >= 15 is 0 Å². The Morgan fingerprint density at radius 1 is 1.18 bits per heavy atom. The molecule has 2 heterocycles. The molecular weight excluding hydrogens is 663 g/mol. The zero-order valence-corrected chi connectivity index (χ0v) is 29.5. The first kappa shape index (κ1) is 34.9. The summed E-state index contributed by atoms with van der Waals surface area (Å²) in [4.78, 5) is 53.4. The number of aliphatic hydroxyl groups is 1. The number of aromatic nitrogens is 2. The number of hydrogen-bond donors (Lipinski definition) is 2. The first-order valence-corrected chi connectivity index (χ1v) is 18.5. The summed E-state index contributed by atoms with van der Waals surface area (Å²) >= 11 is 0.529. The van der Waals surface area contributed by atoms with E-state index in [1.54, 1.807) is 17.0 Å². The monoisotopic (exact) mass is 708 g/mol. The summed E-state index contributed by atoms with van der Waals surface area (Å²) in [5.74, 6) is -1.45. The number of methoxy groups -OCH3 is 1. The third-order valence-electron chi connectivity index (χ3n) is 12.8. The van der Waals surface area contributed by atoms with Gasteiger partial charge >= 0.3 is 5.97 Å². The van der Waals surface area contributed by atoms with Crippen LogP contribution in [-0.2, 0) is 30.3 Å². The molecule has 0 spiro atoms. The molecule has 7 rings (SSSR count). The van der Waals surface area contributed by atoms with Crippen LogP contribution < -0.4 is 5.73 Å². The second-order valence-electron chi connectivity index (χ2n) is 15.2. The first-order chi connectivity index (χ1) is 23.9. The van der Waals surface area contributed by atoms with E-state index in [4.69, 9.17) is 20.3 Å². The van der Waals surface area contributed by atoms with Gasteiger partial charge in [0.2, 0.25) is 11.0 Å². The van der Waals surface area contributed by atoms with Crippen molar-refractivity contribution < 1.29 is 38.1 Å². The van der Waals surface area contributed by atoms with Gasteiger partial charge in [-0.15, -0.1) is 0 Å². The predicted molar refractivity (Wildman–Crippen MR) is 184 cm³/mol. The van der Waals surface area contributed by atoms with Gasteiger partial charge in [-0.1, -0.05) is 25.5 Å². The fraction of sp³-hybridized carbons (Fsp3) is 0.595. The van der Waals surface area contributed by atoms with Crippen molar-refractivity contribution in [2.24, 2.45) is 34.3 Å². The van der Waals surface area contributed by atoms with Crippen LogP contribution in [0.15, 0.2) is 36.0 Å². The zero-order chi connectivity index (χ0) is 35.6. The number of carbonyl (C=O) groups excluding carboxylic acids is 4. The molecule has 1 aromatic heterocycles. The maximum Gasteiger partial charge on any atom is 0.333 e. The molecule has 4 fully saturated rings. The van der Waals surface area contributed by atoms with Crippen molar-refractivity contribution in [3.05, 3.63) is 52.9 Å². The zero-order valence-electron chi connectivity index (χ0n) is 28.7. The summed E-state index contributed by atoms with van der Waals surface area (Å²) < 4.78 is 26.4. The van der Waals surface area contributed by atoms with Crippen molar-refractivity contribution in [1.29, 1.82) is 0 Å². The predicted octanol–water partition coefficient (Wildman–Crippen LogP) is 4.23. The van der Waals surface area contributed by atoms with E-state index in [-0.39, 0.29) is 48.5 Å². The highest BCUT2D eigenvalue weighted by Crippen LogP contribution is 2.69. The largest absolute Gasteiger partial charge is 0.448 e. The molecule has 2 aromatic rings. The van der Waals surface area contributed by atoms with Crippen molar-refractivity contribution in [2.75, 3.05) is 26.3 Å². The van der Waals surface area contributed by atoms with Gasteiger partial charge in [0.25, 0.3) is 5.91 Å². The lowest BCUT2D eigenvalue weighted by molar-refractivity contribution is -0.198. The van der Waals surface area contributed by atoms with Crippen molar-refractivity contribution in [1.82, 2.24) is 14.7 Å². The highest BCUT2D eigenvalue weighted by atomic mass is 32.2. The molecule has 4 aliphatic carbocycles. The Balaban J connectivity index is 1.18. The Bertz CT molecular complexity index is 1760. The normalized spacial score (nSPS) is 34.2. The number of benzene rings is 1. The van der Waals surface area contributed by atoms with E-state index in [2.05, 4.69) is 13.0 Å². The van der Waals surface area contributed by atoms with Crippen LogP contribution in [0.5, 0.6) is 0 Å². The van der Waals surface area contributed by atoms with Crippen LogP contribution in [-0.4, -0.2) is 86.7 Å². The number of allylic oxidation sites excluding steroid dienone is 1. The highest BCUT2D eigenvalue weighted by molar-refractivity contribution is 8.13. The second-order valence-corrected chi connectivity index (χ2v) is 16.1. The summed E-state index contributed by atoms with van der Waals surface area (Å²) in [6.45, 7) is 4.33. The maximum absolute atomic E-state index is 13.6. The Hall–Kier alpha value is -3.55. The first-order valence-electron chi connectivity index (χ1n) is 17.5. The van der Waals surface area contributed by atoms with Crippen LogP contribution in [0.2, 0.25) is 0 Å². The average molecular weight is 709 g/mol. The smallest absolute Gasteiger partial charge is 0.333 e. The number of primary amides is 1. The summed E-state index contributed by atoms with van der Waals surface area (Å²) in [7, 11) is 1.38. The van der Waals surface area contributed by atoms with Crippen LogP contribution in [0.4, 0.5) is 4.39 Å². The number of hydrogen-bond acceptors (Lipinski definition) is 9. The summed E-state index contributed by atoms with van der Waals surface area (Å²) in [6.07, 6.45) is 7.96. The van der Waals surface area contributed by atoms with E-state index in [0.717, 1.165) is 36.2 Å². The minimum Gasteiger partial charge on any atom is -0.448 e. The third-order valence-corrected chi connectivity index (χ3v) is 13.5. The molecule has 0 bridgehead atoms. The van der Waals surface area contributed by atoms with Gasteiger partial charge in [-0.3, -0.25) is 14.4 Å².